The van der Waals surface area contributed by atoms with Gasteiger partial charge in [0.25, 0.3) is 0 Å². The van der Waals surface area contributed by atoms with E-state index in [-0.39, 0.29) is 0 Å². The molecule has 32 heteroatoms. The molecular weight excluding hydrogens is 964 g/mol. The van der Waals surface area contributed by atoms with Crippen molar-refractivity contribution in [2.75, 3.05) is 39.6 Å². The smallest absolute Gasteiger partial charge is 0.217 e. The van der Waals surface area contributed by atoms with Crippen LogP contribution in [-0.2, 0) is 56.9 Å². The number of nitrogens with two attached hydrogens (primary N) is 1. The Kier molecular flexibility index (Phi) is 20.3. The van der Waals surface area contributed by atoms with Crippen molar-refractivity contribution in [3.63, 3.8) is 0 Å². The number of hydrogen-bond acceptors (Lipinski definition) is 31. The molecule has 0 radical (unpaired) electrons. The van der Waals surface area contributed by atoms with Crippen molar-refractivity contribution in [3.05, 3.63) is 0 Å². The minimum atomic E-state index is -2.20. The number of amides is 1. The monoisotopic (exact) mass is 1030 g/mol. The molecule has 32 nitrogen and oxygen atoms in total. The Morgan fingerprint density at radius 1 is 0.414 bits per heavy atom. The first-order valence-corrected chi connectivity index (χ1v) is 22.2. The van der Waals surface area contributed by atoms with E-state index in [1.165, 1.54) is 0 Å². The maximum Gasteiger partial charge on any atom is 0.217 e. The molecule has 6 heterocycles. The van der Waals surface area contributed by atoms with Gasteiger partial charge in [-0.05, 0) is 0 Å². The molecule has 0 bridgehead atoms. The molecule has 70 heavy (non-hydrogen) atoms. The summed E-state index contributed by atoms with van der Waals surface area (Å²) in [5, 5.41) is 194. The molecular formula is C38H66N2O30. The molecule has 0 saturated carbocycles. The van der Waals surface area contributed by atoms with Crippen LogP contribution in [0.4, 0.5) is 0 Å². The lowest BCUT2D eigenvalue weighted by atomic mass is 9.94. The molecule has 1 amide bonds. The van der Waals surface area contributed by atoms with E-state index < -0.39 is 230 Å². The normalized spacial score (nSPS) is 51.5. The predicted octanol–water partition coefficient (Wildman–Crippen LogP) is -14.0. The fraction of sp³-hybridized carbons (Fsp3) is 0.974. The van der Waals surface area contributed by atoms with Gasteiger partial charge in [0.05, 0.1) is 45.7 Å². The first-order chi connectivity index (χ1) is 33.1. The number of carbonyl (C=O) groups is 1. The summed E-state index contributed by atoms with van der Waals surface area (Å²) in [6.45, 7) is -4.64. The van der Waals surface area contributed by atoms with Crippen LogP contribution < -0.4 is 11.1 Å². The number of hydrogen-bond donors (Lipinski definition) is 20. The van der Waals surface area contributed by atoms with E-state index in [2.05, 4.69) is 5.32 Å². The lowest BCUT2D eigenvalue weighted by Crippen LogP contribution is -2.69. The fourth-order valence-corrected chi connectivity index (χ4v) is 8.81. The second-order valence-electron chi connectivity index (χ2n) is 17.6. The van der Waals surface area contributed by atoms with Crippen molar-refractivity contribution in [1.29, 1.82) is 0 Å². The summed E-state index contributed by atoms with van der Waals surface area (Å²) in [4.78, 5) is 12.2. The zero-order valence-electron chi connectivity index (χ0n) is 37.1. The lowest BCUT2D eigenvalue weighted by Gasteiger charge is -2.49. The van der Waals surface area contributed by atoms with Gasteiger partial charge in [0.15, 0.2) is 37.7 Å². The Hall–Kier alpha value is -1.73. The Labute approximate surface area is 396 Å². The summed E-state index contributed by atoms with van der Waals surface area (Å²) >= 11 is 0. The summed E-state index contributed by atoms with van der Waals surface area (Å²) in [6, 6.07) is -3.19. The van der Waals surface area contributed by atoms with E-state index in [0.717, 1.165) is 6.92 Å². The molecule has 408 valence electrons. The van der Waals surface area contributed by atoms with Gasteiger partial charge in [0, 0.05) is 6.92 Å². The molecule has 6 aliphatic heterocycles. The third-order valence-electron chi connectivity index (χ3n) is 12.9. The maximum absolute atomic E-state index is 12.2. The van der Waals surface area contributed by atoms with Gasteiger partial charge in [-0.15, -0.1) is 0 Å². The number of aliphatic hydroxyl groups is 18. The highest BCUT2D eigenvalue weighted by Crippen LogP contribution is 2.36. The van der Waals surface area contributed by atoms with Crippen molar-refractivity contribution in [1.82, 2.24) is 5.32 Å². The maximum atomic E-state index is 12.2. The third-order valence-corrected chi connectivity index (χ3v) is 12.9. The number of aliphatic hydroxyl groups excluding tert-OH is 18. The quantitative estimate of drug-likeness (QED) is 0.0643. The Morgan fingerprint density at radius 2 is 0.786 bits per heavy atom. The van der Waals surface area contributed by atoms with E-state index >= 15 is 0 Å². The van der Waals surface area contributed by atoms with E-state index in [4.69, 9.17) is 57.8 Å². The van der Waals surface area contributed by atoms with Crippen LogP contribution in [0.2, 0.25) is 0 Å². The zero-order valence-corrected chi connectivity index (χ0v) is 37.1. The average Bonchev–Trinajstić information content (AvgIpc) is 3.34. The van der Waals surface area contributed by atoms with Crippen molar-refractivity contribution in [2.24, 2.45) is 5.73 Å². The van der Waals surface area contributed by atoms with E-state index in [9.17, 15) is 96.7 Å². The van der Waals surface area contributed by atoms with Crippen LogP contribution in [0.1, 0.15) is 6.92 Å². The number of ether oxygens (including phenoxy) is 11. The topological polar surface area (TPSA) is 521 Å². The van der Waals surface area contributed by atoms with Crippen LogP contribution in [0.5, 0.6) is 0 Å². The average molecular weight is 1030 g/mol. The number of rotatable bonds is 17. The molecule has 0 spiro atoms. The number of nitrogens with one attached hydrogen (secondary N) is 1. The van der Waals surface area contributed by atoms with Gasteiger partial charge in [-0.3, -0.25) is 4.79 Å². The molecule has 0 aromatic heterocycles. The molecule has 0 aliphatic carbocycles. The molecule has 21 N–H and O–H groups in total. The fourth-order valence-electron chi connectivity index (χ4n) is 8.81. The first-order valence-electron chi connectivity index (χ1n) is 22.2. The summed E-state index contributed by atoms with van der Waals surface area (Å²) < 4.78 is 63.1. The molecule has 6 fully saturated rings. The van der Waals surface area contributed by atoms with Gasteiger partial charge in [-0.25, -0.2) is 0 Å². The SMILES string of the molecule is CC(=O)N[C@H]1[C@H](O[C@H]2[C@H](O)[C@H](O)[C@@H](O[C@H]3[C@H](O)[C@@H](N)C(O)O[C@@H]3CO)O[C@@H]2CO[C@H]2O[C@H](CO)[C@@H](O)[C@H](O)[C@@H]2O[C@H]2O[C@H](CO)[C@@H](O)[C@H](O)[C@@H]2O[C@H]2O[C@H](CO)[C@@H](O)[C@H](O)[C@@H]2O)O[C@H](CO)[C@H](O)[C@@H]1O. The summed E-state index contributed by atoms with van der Waals surface area (Å²) in [6.07, 6.45) is -53.5. The summed E-state index contributed by atoms with van der Waals surface area (Å²) in [5.74, 6) is -0.783. The summed E-state index contributed by atoms with van der Waals surface area (Å²) in [7, 11) is 0. The molecule has 6 rings (SSSR count). The zero-order chi connectivity index (χ0) is 51.6. The molecule has 1 unspecified atom stereocenters. The molecule has 6 saturated heterocycles. The molecule has 30 atom stereocenters. The van der Waals surface area contributed by atoms with Crippen LogP contribution >= 0.6 is 0 Å². The lowest BCUT2D eigenvalue weighted by molar-refractivity contribution is -0.398. The Balaban J connectivity index is 1.32. The largest absolute Gasteiger partial charge is 0.394 e. The van der Waals surface area contributed by atoms with Crippen LogP contribution in [0.15, 0.2) is 0 Å². The van der Waals surface area contributed by atoms with Crippen LogP contribution in [0.25, 0.3) is 0 Å². The van der Waals surface area contributed by atoms with Crippen molar-refractivity contribution >= 4 is 5.91 Å². The van der Waals surface area contributed by atoms with Gasteiger partial charge >= 0.3 is 0 Å². The Morgan fingerprint density at radius 3 is 1.31 bits per heavy atom. The summed E-state index contributed by atoms with van der Waals surface area (Å²) in [5.41, 5.74) is 5.85. The van der Waals surface area contributed by atoms with Gasteiger partial charge in [0.1, 0.15) is 140 Å². The van der Waals surface area contributed by atoms with E-state index in [1.54, 1.807) is 0 Å². The predicted molar refractivity (Wildman–Crippen MR) is 213 cm³/mol. The minimum Gasteiger partial charge on any atom is -0.394 e. The van der Waals surface area contributed by atoms with Crippen molar-refractivity contribution in [2.45, 2.75) is 191 Å². The van der Waals surface area contributed by atoms with Gasteiger partial charge in [0.2, 0.25) is 5.91 Å². The van der Waals surface area contributed by atoms with Gasteiger partial charge in [-0.2, -0.15) is 0 Å². The highest BCUT2D eigenvalue weighted by Gasteiger charge is 2.57. The highest BCUT2D eigenvalue weighted by molar-refractivity contribution is 5.73. The Bertz CT molecular complexity index is 1630. The first kappa shape index (κ1) is 57.5. The third kappa shape index (κ3) is 12.0. The van der Waals surface area contributed by atoms with Crippen LogP contribution in [-0.4, -0.2) is 322 Å². The van der Waals surface area contributed by atoms with Crippen LogP contribution in [0.3, 0.4) is 0 Å². The molecule has 6 aliphatic rings. The van der Waals surface area contributed by atoms with Gasteiger partial charge in [-0.1, -0.05) is 0 Å². The van der Waals surface area contributed by atoms with E-state index in [0.29, 0.717) is 0 Å². The molecule has 0 aromatic rings. The minimum absolute atomic E-state index is 0.783. The van der Waals surface area contributed by atoms with Crippen LogP contribution in [0, 0.1) is 0 Å². The number of carbonyl (C=O) groups excluding carboxylic acids is 1. The second kappa shape index (κ2) is 24.7. The van der Waals surface area contributed by atoms with Crippen molar-refractivity contribution in [3.8, 4) is 0 Å². The van der Waals surface area contributed by atoms with Crippen molar-refractivity contribution < 1.29 is 149 Å². The second-order valence-corrected chi connectivity index (χ2v) is 17.6. The van der Waals surface area contributed by atoms with E-state index in [1.807, 2.05) is 0 Å². The highest BCUT2D eigenvalue weighted by atomic mass is 16.8. The van der Waals surface area contributed by atoms with Gasteiger partial charge < -0.3 is 155 Å². The standard InChI is InChI=1S/C38H66N2O30/c1-8(46)40-16-22(52)17(47)9(2-41)62-34(16)67-30-14(66-36(28(58)26(30)56)68-29-13(6-45)61-33(59)15(39)21(29)51)7-60-37-31(24(54)19(49)11(4-43)64-37)70-38-32(25(55)20(50)12(5-44)65-38)69-35-27(57)23(53)18(48)10(3-42)63-35/h9-38,41-45,47-59H,2-7,39H2,1H3,(H,40,46)/t9-,10-,11-,12-,13-,14-,15-,16-,17+,18-,19-,20-,21-,22-,23+,24+,25+,26-,27+,28+,29-,30-,31+,32+,33?,34+,35-,36-,37+,38-/m1/s1. The molecule has 0 aromatic carbocycles.